The van der Waals surface area contributed by atoms with Crippen LogP contribution in [-0.2, 0) is 0 Å². The molecule has 0 radical (unpaired) electrons. The van der Waals surface area contributed by atoms with E-state index >= 15 is 0 Å². The first kappa shape index (κ1) is 19.1. The molecule has 142 valence electrons. The number of carbonyl (C=O) groups is 1. The van der Waals surface area contributed by atoms with Crippen molar-refractivity contribution in [3.05, 3.63) is 58.1 Å². The van der Waals surface area contributed by atoms with Crippen LogP contribution in [0.2, 0.25) is 0 Å². The molecule has 0 bridgehead atoms. The van der Waals surface area contributed by atoms with E-state index in [1.165, 1.54) is 36.4 Å². The topological polar surface area (TPSA) is 75.5 Å². The summed E-state index contributed by atoms with van der Waals surface area (Å²) < 4.78 is 24.8. The molecule has 0 aliphatic carbocycles. The summed E-state index contributed by atoms with van der Waals surface area (Å²) in [5, 5.41) is 13.8. The smallest absolute Gasteiger partial charge is 0.288 e. The molecule has 6 nitrogen and oxygen atoms in total. The Morgan fingerprint density at radius 2 is 1.81 bits per heavy atom. The van der Waals surface area contributed by atoms with E-state index in [0.717, 1.165) is 25.9 Å². The van der Waals surface area contributed by atoms with Gasteiger partial charge in [-0.15, -0.1) is 0 Å². The first-order valence-corrected chi connectivity index (χ1v) is 9.21. The Hall–Kier alpha value is -2.68. The third-order valence-corrected chi connectivity index (χ3v) is 4.94. The van der Waals surface area contributed by atoms with Gasteiger partial charge in [-0.3, -0.25) is 14.9 Å². The van der Waals surface area contributed by atoms with Crippen LogP contribution in [0.25, 0.3) is 0 Å². The molecule has 1 heterocycles. The Balaban J connectivity index is 1.83. The predicted molar refractivity (Wildman–Crippen MR) is 101 cm³/mol. The van der Waals surface area contributed by atoms with E-state index in [1.807, 2.05) is 4.90 Å². The number of anilines is 2. The van der Waals surface area contributed by atoms with Crippen molar-refractivity contribution in [1.82, 2.24) is 0 Å². The summed E-state index contributed by atoms with van der Waals surface area (Å²) in [5.74, 6) is -2.99. The van der Waals surface area contributed by atoms with Crippen LogP contribution in [0.4, 0.5) is 25.8 Å². The molecule has 0 atom stereocenters. The van der Waals surface area contributed by atoms with E-state index in [-0.39, 0.29) is 11.3 Å². The van der Waals surface area contributed by atoms with Gasteiger partial charge in [0.25, 0.3) is 17.4 Å². The second-order valence-electron chi connectivity index (χ2n) is 6.01. The van der Waals surface area contributed by atoms with Crippen LogP contribution in [0.5, 0.6) is 0 Å². The number of hydrogen-bond acceptors (Lipinski definition) is 5. The van der Waals surface area contributed by atoms with Crippen molar-refractivity contribution in [2.45, 2.75) is 23.5 Å². The maximum Gasteiger partial charge on any atom is 0.288 e. The quantitative estimate of drug-likeness (QED) is 0.435. The van der Waals surface area contributed by atoms with Crippen LogP contribution >= 0.6 is 11.8 Å². The molecule has 2 aromatic carbocycles. The highest BCUT2D eigenvalue weighted by Crippen LogP contribution is 2.30. The van der Waals surface area contributed by atoms with Crippen LogP contribution in [0, 0.1) is 10.1 Å². The molecule has 0 aromatic heterocycles. The normalized spacial score (nSPS) is 13.8. The van der Waals surface area contributed by atoms with E-state index < -0.39 is 16.6 Å². The summed E-state index contributed by atoms with van der Waals surface area (Å²) in [6.45, 7) is 1.58. The molecule has 0 unspecified atom stereocenters. The summed E-state index contributed by atoms with van der Waals surface area (Å²) >= 11 is 0.419. The van der Waals surface area contributed by atoms with Gasteiger partial charge in [0.05, 0.1) is 16.2 Å². The van der Waals surface area contributed by atoms with Crippen LogP contribution in [0.1, 0.15) is 23.2 Å². The van der Waals surface area contributed by atoms with Crippen LogP contribution in [0.3, 0.4) is 0 Å². The number of carbonyl (C=O) groups excluding carboxylic acids is 1. The van der Waals surface area contributed by atoms with Crippen molar-refractivity contribution in [2.24, 2.45) is 0 Å². The van der Waals surface area contributed by atoms with E-state index in [2.05, 4.69) is 5.32 Å². The van der Waals surface area contributed by atoms with Crippen molar-refractivity contribution in [2.75, 3.05) is 23.3 Å². The maximum absolute atomic E-state index is 12.7. The minimum atomic E-state index is -2.52. The van der Waals surface area contributed by atoms with Crippen molar-refractivity contribution >= 4 is 34.7 Å². The van der Waals surface area contributed by atoms with Crippen LogP contribution in [0.15, 0.2) is 47.4 Å². The van der Waals surface area contributed by atoms with E-state index in [0.29, 0.717) is 28.0 Å². The number of nitro benzene ring substituents is 1. The van der Waals surface area contributed by atoms with Crippen molar-refractivity contribution < 1.29 is 18.5 Å². The lowest BCUT2D eigenvalue weighted by atomic mass is 10.1. The Morgan fingerprint density at radius 3 is 2.41 bits per heavy atom. The average Bonchev–Trinajstić information content (AvgIpc) is 3.17. The number of rotatable bonds is 6. The highest BCUT2D eigenvalue weighted by Gasteiger charge is 2.22. The lowest BCUT2D eigenvalue weighted by Crippen LogP contribution is -2.23. The van der Waals surface area contributed by atoms with Gasteiger partial charge >= 0.3 is 0 Å². The standard InChI is InChI=1S/C18H17F2N3O3S/c19-18(20)27-14-6-3-12(4-7-14)21-17(24)15-11-13(23(25)26)5-8-16(15)22-9-1-2-10-22/h3-8,11,18H,1-2,9-10H2,(H,21,24). The minimum absolute atomic E-state index is 0.160. The second kappa shape index (κ2) is 8.34. The molecule has 0 saturated carbocycles. The highest BCUT2D eigenvalue weighted by molar-refractivity contribution is 7.99. The van der Waals surface area contributed by atoms with Gasteiger partial charge in [-0.2, -0.15) is 8.78 Å². The average molecular weight is 393 g/mol. The number of thioether (sulfide) groups is 1. The fourth-order valence-corrected chi connectivity index (χ4v) is 3.47. The summed E-state index contributed by atoms with van der Waals surface area (Å²) in [7, 11) is 0. The number of alkyl halides is 2. The molecule has 1 amide bonds. The van der Waals surface area contributed by atoms with Gasteiger partial charge in [0.1, 0.15) is 0 Å². The molecule has 3 rings (SSSR count). The van der Waals surface area contributed by atoms with Gasteiger partial charge in [0.15, 0.2) is 0 Å². The fraction of sp³-hybridized carbons (Fsp3) is 0.278. The van der Waals surface area contributed by atoms with Gasteiger partial charge < -0.3 is 10.2 Å². The summed E-state index contributed by atoms with van der Waals surface area (Å²) in [5.41, 5.74) is 1.14. The molecule has 1 N–H and O–H groups in total. The SMILES string of the molecule is O=C(Nc1ccc(SC(F)F)cc1)c1cc([N+](=O)[O-])ccc1N1CCCC1. The molecule has 2 aromatic rings. The zero-order valence-electron chi connectivity index (χ0n) is 14.2. The van der Waals surface area contributed by atoms with E-state index in [1.54, 1.807) is 6.07 Å². The number of nitrogens with zero attached hydrogens (tertiary/aromatic N) is 2. The van der Waals surface area contributed by atoms with Crippen LogP contribution < -0.4 is 10.2 Å². The van der Waals surface area contributed by atoms with Gasteiger partial charge in [0.2, 0.25) is 0 Å². The Labute approximate surface area is 158 Å². The molecular formula is C18H17F2N3O3S. The van der Waals surface area contributed by atoms with E-state index in [4.69, 9.17) is 0 Å². The lowest BCUT2D eigenvalue weighted by Gasteiger charge is -2.21. The number of hydrogen-bond donors (Lipinski definition) is 1. The number of non-ortho nitro benzene ring substituents is 1. The molecule has 1 saturated heterocycles. The first-order chi connectivity index (χ1) is 12.9. The maximum atomic E-state index is 12.7. The Morgan fingerprint density at radius 1 is 1.15 bits per heavy atom. The third kappa shape index (κ3) is 4.73. The number of nitro groups is 1. The van der Waals surface area contributed by atoms with Gasteiger partial charge in [0, 0.05) is 35.8 Å². The molecule has 27 heavy (non-hydrogen) atoms. The summed E-state index contributed by atoms with van der Waals surface area (Å²) in [4.78, 5) is 25.7. The summed E-state index contributed by atoms with van der Waals surface area (Å²) in [6, 6.07) is 10.3. The zero-order chi connectivity index (χ0) is 19.4. The van der Waals surface area contributed by atoms with Crippen molar-refractivity contribution in [3.8, 4) is 0 Å². The number of amides is 1. The second-order valence-corrected chi connectivity index (χ2v) is 7.07. The highest BCUT2D eigenvalue weighted by atomic mass is 32.2. The predicted octanol–water partition coefficient (Wildman–Crippen LogP) is 4.76. The fourth-order valence-electron chi connectivity index (χ4n) is 2.97. The molecule has 9 heteroatoms. The molecule has 1 aliphatic rings. The van der Waals surface area contributed by atoms with Crippen molar-refractivity contribution in [3.63, 3.8) is 0 Å². The van der Waals surface area contributed by atoms with Crippen LogP contribution in [-0.4, -0.2) is 29.7 Å². The monoisotopic (exact) mass is 393 g/mol. The van der Waals surface area contributed by atoms with Gasteiger partial charge in [-0.05, 0) is 43.2 Å². The van der Waals surface area contributed by atoms with E-state index in [9.17, 15) is 23.7 Å². The number of benzene rings is 2. The Bertz CT molecular complexity index is 840. The largest absolute Gasteiger partial charge is 0.371 e. The minimum Gasteiger partial charge on any atom is -0.371 e. The molecule has 0 spiro atoms. The summed E-state index contributed by atoms with van der Waals surface area (Å²) in [6.07, 6.45) is 2.00. The molecule has 1 aliphatic heterocycles. The number of halogens is 2. The van der Waals surface area contributed by atoms with Gasteiger partial charge in [-0.1, -0.05) is 11.8 Å². The molecular weight excluding hydrogens is 376 g/mol. The molecule has 1 fully saturated rings. The number of nitrogens with one attached hydrogen (secondary N) is 1. The first-order valence-electron chi connectivity index (χ1n) is 8.33. The zero-order valence-corrected chi connectivity index (χ0v) is 15.0. The van der Waals surface area contributed by atoms with Gasteiger partial charge in [-0.25, -0.2) is 0 Å². The van der Waals surface area contributed by atoms with Crippen molar-refractivity contribution in [1.29, 1.82) is 0 Å². The lowest BCUT2D eigenvalue weighted by molar-refractivity contribution is -0.384. The Kier molecular flexibility index (Phi) is 5.90. The third-order valence-electron chi connectivity index (χ3n) is 4.22.